The molecular formula is C29H26ClN5O3S2. The quantitative estimate of drug-likeness (QED) is 0.256. The average molecular weight is 592 g/mol. The summed E-state index contributed by atoms with van der Waals surface area (Å²) in [5, 5.41) is 19.9. The summed E-state index contributed by atoms with van der Waals surface area (Å²) in [6, 6.07) is 16.3. The van der Waals surface area contributed by atoms with E-state index in [1.165, 1.54) is 23.1 Å². The molecule has 5 rings (SSSR count). The van der Waals surface area contributed by atoms with E-state index in [-0.39, 0.29) is 34.1 Å². The van der Waals surface area contributed by atoms with Gasteiger partial charge < -0.3 is 10.5 Å². The SMILES string of the molecule is COc1ccc(C(=O)CSc2nnc(N3C(N)=C(C#N)C(c4ccc(Cl)cc4)C4=C3CC(C)(C)CC4=O)s2)cc1. The third-order valence-electron chi connectivity index (χ3n) is 6.91. The molecule has 3 aromatic rings. The fraction of sp³-hybridized carbons (Fsp3) is 0.276. The largest absolute Gasteiger partial charge is 0.497 e. The molecule has 1 aliphatic heterocycles. The van der Waals surface area contributed by atoms with Crippen LogP contribution < -0.4 is 15.4 Å². The molecule has 0 bridgehead atoms. The van der Waals surface area contributed by atoms with Crippen molar-refractivity contribution in [1.82, 2.24) is 10.2 Å². The molecule has 1 aliphatic carbocycles. The van der Waals surface area contributed by atoms with Crippen LogP contribution in [0.25, 0.3) is 0 Å². The first-order valence-electron chi connectivity index (χ1n) is 12.5. The highest BCUT2D eigenvalue weighted by atomic mass is 35.5. The minimum Gasteiger partial charge on any atom is -0.497 e. The molecule has 40 heavy (non-hydrogen) atoms. The maximum atomic E-state index is 13.6. The van der Waals surface area contributed by atoms with Crippen molar-refractivity contribution in [1.29, 1.82) is 5.26 Å². The molecule has 11 heteroatoms. The molecule has 8 nitrogen and oxygen atoms in total. The van der Waals surface area contributed by atoms with Crippen molar-refractivity contribution in [2.75, 3.05) is 17.8 Å². The molecule has 2 aromatic carbocycles. The van der Waals surface area contributed by atoms with E-state index in [2.05, 4.69) is 16.3 Å². The van der Waals surface area contributed by atoms with Gasteiger partial charge in [0.15, 0.2) is 15.9 Å². The van der Waals surface area contributed by atoms with E-state index in [0.29, 0.717) is 44.2 Å². The van der Waals surface area contributed by atoms with Crippen LogP contribution in [0.15, 0.2) is 75.5 Å². The highest BCUT2D eigenvalue weighted by Gasteiger charge is 2.45. The van der Waals surface area contributed by atoms with Crippen LogP contribution in [0.2, 0.25) is 5.02 Å². The van der Waals surface area contributed by atoms with Crippen LogP contribution in [0.4, 0.5) is 5.13 Å². The van der Waals surface area contributed by atoms with Gasteiger partial charge in [-0.25, -0.2) is 0 Å². The molecule has 2 heterocycles. The Hall–Kier alpha value is -3.65. The van der Waals surface area contributed by atoms with E-state index in [0.717, 1.165) is 11.3 Å². The highest BCUT2D eigenvalue weighted by molar-refractivity contribution is 8.01. The zero-order valence-corrected chi connectivity index (χ0v) is 24.5. The number of hydrogen-bond acceptors (Lipinski definition) is 10. The van der Waals surface area contributed by atoms with Crippen molar-refractivity contribution in [3.05, 3.63) is 87.3 Å². The summed E-state index contributed by atoms with van der Waals surface area (Å²) < 4.78 is 5.73. The summed E-state index contributed by atoms with van der Waals surface area (Å²) in [5.41, 5.74) is 9.25. The van der Waals surface area contributed by atoms with Crippen LogP contribution in [0, 0.1) is 16.7 Å². The number of thioether (sulfide) groups is 1. The number of nitriles is 1. The summed E-state index contributed by atoms with van der Waals surface area (Å²) in [6.07, 6.45) is 0.919. The Balaban J connectivity index is 1.48. The van der Waals surface area contributed by atoms with Crippen molar-refractivity contribution in [2.45, 2.75) is 36.9 Å². The first-order valence-corrected chi connectivity index (χ1v) is 14.6. The zero-order valence-electron chi connectivity index (χ0n) is 22.1. The van der Waals surface area contributed by atoms with Crippen LogP contribution in [-0.2, 0) is 4.79 Å². The lowest BCUT2D eigenvalue weighted by atomic mass is 9.69. The van der Waals surface area contributed by atoms with Gasteiger partial charge in [0, 0.05) is 28.3 Å². The highest BCUT2D eigenvalue weighted by Crippen LogP contribution is 2.50. The summed E-state index contributed by atoms with van der Waals surface area (Å²) in [7, 11) is 1.57. The lowest BCUT2D eigenvalue weighted by Gasteiger charge is -2.42. The topological polar surface area (TPSA) is 122 Å². The van der Waals surface area contributed by atoms with Crippen LogP contribution in [-0.4, -0.2) is 34.6 Å². The van der Waals surface area contributed by atoms with Gasteiger partial charge in [0.1, 0.15) is 11.6 Å². The predicted octanol–water partition coefficient (Wildman–Crippen LogP) is 6.12. The maximum Gasteiger partial charge on any atom is 0.219 e. The molecule has 0 amide bonds. The number of halogens is 1. The second-order valence-corrected chi connectivity index (χ2v) is 12.9. The number of carbonyl (C=O) groups is 2. The van der Waals surface area contributed by atoms with Crippen molar-refractivity contribution >= 4 is 51.4 Å². The molecule has 0 radical (unpaired) electrons. The normalized spacial score (nSPS) is 18.4. The van der Waals surface area contributed by atoms with Gasteiger partial charge in [-0.1, -0.05) is 60.7 Å². The Morgan fingerprint density at radius 1 is 1.20 bits per heavy atom. The van der Waals surface area contributed by atoms with Crippen LogP contribution in [0.1, 0.15) is 48.5 Å². The van der Waals surface area contributed by atoms with Gasteiger partial charge >= 0.3 is 0 Å². The zero-order chi connectivity index (χ0) is 28.6. The van der Waals surface area contributed by atoms with Gasteiger partial charge in [0.25, 0.3) is 0 Å². The molecule has 2 N–H and O–H groups in total. The molecule has 0 spiro atoms. The van der Waals surface area contributed by atoms with Crippen molar-refractivity contribution in [3.63, 3.8) is 0 Å². The van der Waals surface area contributed by atoms with E-state index in [1.54, 1.807) is 48.4 Å². The number of ketones is 2. The number of hydrogen-bond donors (Lipinski definition) is 1. The molecular weight excluding hydrogens is 566 g/mol. The van der Waals surface area contributed by atoms with Gasteiger partial charge in [-0.2, -0.15) is 5.26 Å². The van der Waals surface area contributed by atoms with Crippen molar-refractivity contribution in [3.8, 4) is 11.8 Å². The summed E-state index contributed by atoms with van der Waals surface area (Å²) in [5.74, 6) is 0.394. The molecule has 2 aliphatic rings. The Labute approximate surface area is 245 Å². The van der Waals surface area contributed by atoms with Crippen LogP contribution >= 0.6 is 34.7 Å². The second kappa shape index (κ2) is 11.1. The number of allylic oxidation sites excluding steroid dienone is 3. The number of nitrogens with two attached hydrogens (primary N) is 1. The minimum atomic E-state index is -0.596. The summed E-state index contributed by atoms with van der Waals surface area (Å²) in [6.45, 7) is 4.08. The van der Waals surface area contributed by atoms with E-state index in [1.807, 2.05) is 26.0 Å². The van der Waals surface area contributed by atoms with Crippen molar-refractivity contribution in [2.24, 2.45) is 11.1 Å². The fourth-order valence-electron chi connectivity index (χ4n) is 5.05. The van der Waals surface area contributed by atoms with Crippen molar-refractivity contribution < 1.29 is 14.3 Å². The third-order valence-corrected chi connectivity index (χ3v) is 9.20. The molecule has 0 saturated carbocycles. The molecule has 0 fully saturated rings. The molecule has 1 unspecified atom stereocenters. The maximum absolute atomic E-state index is 13.6. The smallest absolute Gasteiger partial charge is 0.219 e. The number of rotatable bonds is 7. The Morgan fingerprint density at radius 3 is 2.55 bits per heavy atom. The van der Waals surface area contributed by atoms with Crippen LogP contribution in [0.3, 0.4) is 0 Å². The molecule has 1 aromatic heterocycles. The number of anilines is 1. The first kappa shape index (κ1) is 27.9. The lowest BCUT2D eigenvalue weighted by molar-refractivity contribution is -0.118. The summed E-state index contributed by atoms with van der Waals surface area (Å²) in [4.78, 5) is 28.0. The van der Waals surface area contributed by atoms with Gasteiger partial charge in [-0.15, -0.1) is 10.2 Å². The fourth-order valence-corrected chi connectivity index (χ4v) is 6.96. The van der Waals surface area contributed by atoms with E-state index in [4.69, 9.17) is 22.1 Å². The number of carbonyl (C=O) groups excluding carboxylic acids is 2. The Morgan fingerprint density at radius 2 is 1.90 bits per heavy atom. The third kappa shape index (κ3) is 5.37. The number of benzene rings is 2. The van der Waals surface area contributed by atoms with E-state index in [9.17, 15) is 14.9 Å². The monoisotopic (exact) mass is 591 g/mol. The number of methoxy groups -OCH3 is 1. The molecule has 204 valence electrons. The van der Waals surface area contributed by atoms with E-state index >= 15 is 0 Å². The standard InChI is InChI=1S/C29H26ClN5O3S2/c1-29(2)12-21-25(22(36)13-29)24(17-4-8-18(30)9-5-17)20(14-31)26(32)35(21)27-33-34-28(40-27)39-15-23(37)16-6-10-19(38-3)11-7-16/h4-11,24H,12-13,15,32H2,1-3H3. The van der Waals surface area contributed by atoms with Gasteiger partial charge in [0.05, 0.1) is 30.4 Å². The Kier molecular flexibility index (Phi) is 7.73. The van der Waals surface area contributed by atoms with Gasteiger partial charge in [-0.05, 0) is 53.8 Å². The van der Waals surface area contributed by atoms with E-state index < -0.39 is 5.92 Å². The number of ether oxygens (including phenoxy) is 1. The molecule has 0 saturated heterocycles. The summed E-state index contributed by atoms with van der Waals surface area (Å²) >= 11 is 8.66. The Bertz CT molecular complexity index is 1590. The van der Waals surface area contributed by atoms with Crippen LogP contribution in [0.5, 0.6) is 5.75 Å². The second-order valence-electron chi connectivity index (χ2n) is 10.3. The van der Waals surface area contributed by atoms with Gasteiger partial charge in [0.2, 0.25) is 5.13 Å². The predicted molar refractivity (Wildman–Crippen MR) is 157 cm³/mol. The number of nitrogens with zero attached hydrogens (tertiary/aromatic N) is 4. The number of aromatic nitrogens is 2. The lowest BCUT2D eigenvalue weighted by Crippen LogP contribution is -2.42. The first-order chi connectivity index (χ1) is 19.1. The minimum absolute atomic E-state index is 0.0272. The van der Waals surface area contributed by atoms with Gasteiger partial charge in [-0.3, -0.25) is 14.5 Å². The number of Topliss-reactive ketones (excluding diaryl/α,β-unsaturated/α-hetero) is 2. The molecule has 1 atom stereocenters. The average Bonchev–Trinajstić information content (AvgIpc) is 3.39.